The first-order valence-electron chi connectivity index (χ1n) is 24.7. The third-order valence-electron chi connectivity index (χ3n) is 13.6. The van der Waals surface area contributed by atoms with Gasteiger partial charge in [0.1, 0.15) is 0 Å². The van der Waals surface area contributed by atoms with Crippen LogP contribution in [0.5, 0.6) is 0 Å². The van der Waals surface area contributed by atoms with Crippen LogP contribution < -0.4 is 5.19 Å². The zero-order valence-electron chi connectivity index (χ0n) is 41.9. The molecule has 11 rings (SSSR count). The number of aromatic nitrogens is 3. The van der Waals surface area contributed by atoms with E-state index in [4.69, 9.17) is 4.98 Å². The van der Waals surface area contributed by atoms with Crippen LogP contribution in [0.2, 0.25) is 19.6 Å². The Kier molecular flexibility index (Phi) is 13.9. The summed E-state index contributed by atoms with van der Waals surface area (Å²) in [5.41, 5.74) is 13.1. The third kappa shape index (κ3) is 9.31. The first kappa shape index (κ1) is 48.5. The van der Waals surface area contributed by atoms with E-state index in [1.54, 1.807) is 0 Å². The molecule has 2 heterocycles. The van der Waals surface area contributed by atoms with E-state index in [1.807, 2.05) is 18.2 Å². The molecule has 9 aromatic carbocycles. The Hall–Kier alpha value is -6.49. The van der Waals surface area contributed by atoms with Crippen LogP contribution in [0.1, 0.15) is 70.1 Å². The minimum atomic E-state index is -1.34. The van der Waals surface area contributed by atoms with E-state index in [2.05, 4.69) is 241 Å². The average molecular weight is 1100 g/mol. The Morgan fingerprint density at radius 2 is 1.13 bits per heavy atom. The molecule has 2 aromatic heterocycles. The number of imidazole rings is 1. The van der Waals surface area contributed by atoms with Gasteiger partial charge in [0.15, 0.2) is 0 Å². The molecule has 0 spiro atoms. The molecular formula is C65H61IrN3Si-2. The summed E-state index contributed by atoms with van der Waals surface area (Å²) in [6, 6.07) is 68.1. The van der Waals surface area contributed by atoms with Gasteiger partial charge in [-0.15, -0.1) is 59.7 Å². The Labute approximate surface area is 429 Å². The summed E-state index contributed by atoms with van der Waals surface area (Å²) in [6.45, 7) is 21.0. The van der Waals surface area contributed by atoms with E-state index in [0.29, 0.717) is 5.92 Å². The molecule has 0 aliphatic heterocycles. The molecule has 0 atom stereocenters. The van der Waals surface area contributed by atoms with Crippen molar-refractivity contribution in [3.63, 3.8) is 0 Å². The van der Waals surface area contributed by atoms with Crippen molar-refractivity contribution in [3.8, 4) is 39.5 Å². The third-order valence-corrected chi connectivity index (χ3v) is 15.7. The van der Waals surface area contributed by atoms with Gasteiger partial charge in [0.25, 0.3) is 0 Å². The second-order valence-electron chi connectivity index (χ2n) is 20.7. The van der Waals surface area contributed by atoms with Crippen molar-refractivity contribution >= 4 is 67.4 Å². The number of rotatable bonds is 9. The van der Waals surface area contributed by atoms with Gasteiger partial charge < -0.3 is 9.55 Å². The molecule has 11 aromatic rings. The second kappa shape index (κ2) is 20.1. The Morgan fingerprint density at radius 3 is 1.73 bits per heavy atom. The normalized spacial score (nSPS) is 11.8. The number of hydrogen-bond acceptors (Lipinski definition) is 2. The molecule has 0 N–H and O–H groups in total. The summed E-state index contributed by atoms with van der Waals surface area (Å²) in [6.07, 6.45) is 3.24. The quantitative estimate of drug-likeness (QED) is 0.0819. The summed E-state index contributed by atoms with van der Waals surface area (Å²) in [5, 5.41) is 11.4. The Morgan fingerprint density at radius 1 is 0.543 bits per heavy atom. The first-order chi connectivity index (χ1) is 33.4. The monoisotopic (exact) mass is 1100 g/mol. The number of fused-ring (bicyclic) bond motifs is 9. The molecule has 1 radical (unpaired) electrons. The van der Waals surface area contributed by atoms with Crippen LogP contribution in [-0.2, 0) is 26.5 Å². The van der Waals surface area contributed by atoms with Gasteiger partial charge in [-0.2, -0.15) is 0 Å². The molecule has 0 fully saturated rings. The smallest absolute Gasteiger partial charge is 0.0798 e. The summed E-state index contributed by atoms with van der Waals surface area (Å²) in [4.78, 5) is 10.2. The number of nitrogens with zero attached hydrogens (tertiary/aromatic N) is 3. The van der Waals surface area contributed by atoms with E-state index in [0.717, 1.165) is 40.1 Å². The maximum atomic E-state index is 5.47. The summed E-state index contributed by atoms with van der Waals surface area (Å²) >= 11 is 0. The molecule has 0 amide bonds. The fraction of sp³-hybridized carbons (Fsp3) is 0.200. The van der Waals surface area contributed by atoms with Crippen molar-refractivity contribution in [3.05, 3.63) is 205 Å². The second-order valence-corrected chi connectivity index (χ2v) is 25.8. The SMILES string of the molecule is CC(C)Cc1cc(-c2[c-]cccc2)ncc1[Si](C)(C)C.CC(C)c1cc(-c2ccccc2)cc(C(C)C)c1-n1c(-c2[c-]cc3c4ccccc4c4ccccc4c3c2)nc2ccc3ccccc3c21.[Ir]. The van der Waals surface area contributed by atoms with E-state index in [9.17, 15) is 0 Å². The predicted octanol–water partition coefficient (Wildman–Crippen LogP) is 17.3. The van der Waals surface area contributed by atoms with Gasteiger partial charge in [-0.25, -0.2) is 0 Å². The number of benzene rings is 9. The fourth-order valence-electron chi connectivity index (χ4n) is 10.3. The van der Waals surface area contributed by atoms with Crippen molar-refractivity contribution < 1.29 is 20.1 Å². The van der Waals surface area contributed by atoms with E-state index in [-0.39, 0.29) is 31.9 Å². The van der Waals surface area contributed by atoms with Crippen LogP contribution in [0, 0.1) is 18.1 Å². The largest absolute Gasteiger partial charge is 0.332 e. The van der Waals surface area contributed by atoms with Gasteiger partial charge in [0, 0.05) is 37.4 Å². The predicted molar refractivity (Wildman–Crippen MR) is 299 cm³/mol. The van der Waals surface area contributed by atoms with Gasteiger partial charge in [0.2, 0.25) is 0 Å². The van der Waals surface area contributed by atoms with Crippen molar-refractivity contribution in [1.82, 2.24) is 14.5 Å². The van der Waals surface area contributed by atoms with Crippen LogP contribution in [0.3, 0.4) is 0 Å². The fourth-order valence-corrected chi connectivity index (χ4v) is 11.9. The minimum absolute atomic E-state index is 0. The number of hydrogen-bond donors (Lipinski definition) is 0. The van der Waals surface area contributed by atoms with Gasteiger partial charge in [-0.1, -0.05) is 198 Å². The molecule has 70 heavy (non-hydrogen) atoms. The van der Waals surface area contributed by atoms with Gasteiger partial charge in [-0.3, -0.25) is 4.98 Å². The Balaban J connectivity index is 0.000000244. The summed E-state index contributed by atoms with van der Waals surface area (Å²) in [7, 11) is -1.34. The van der Waals surface area contributed by atoms with Crippen LogP contribution in [0.15, 0.2) is 176 Å². The van der Waals surface area contributed by atoms with Crippen LogP contribution in [0.4, 0.5) is 0 Å². The minimum Gasteiger partial charge on any atom is -0.332 e. The van der Waals surface area contributed by atoms with E-state index in [1.165, 1.54) is 81.8 Å². The summed E-state index contributed by atoms with van der Waals surface area (Å²) < 4.78 is 2.47. The van der Waals surface area contributed by atoms with Crippen LogP contribution >= 0.6 is 0 Å². The topological polar surface area (TPSA) is 30.7 Å². The molecule has 0 unspecified atom stereocenters. The first-order valence-corrected chi connectivity index (χ1v) is 28.2. The van der Waals surface area contributed by atoms with Gasteiger partial charge in [-0.05, 0) is 97.1 Å². The van der Waals surface area contributed by atoms with Gasteiger partial charge in [0.05, 0.1) is 24.9 Å². The van der Waals surface area contributed by atoms with Crippen molar-refractivity contribution in [2.45, 2.75) is 79.4 Å². The molecule has 0 bridgehead atoms. The Bertz CT molecular complexity index is 3590. The molecule has 0 aliphatic rings. The molecular weight excluding hydrogens is 1040 g/mol. The zero-order chi connectivity index (χ0) is 48.0. The number of pyridine rings is 1. The van der Waals surface area contributed by atoms with Gasteiger partial charge >= 0.3 is 0 Å². The molecule has 0 saturated carbocycles. The van der Waals surface area contributed by atoms with Crippen LogP contribution in [0.25, 0.3) is 93.6 Å². The van der Waals surface area contributed by atoms with Crippen molar-refractivity contribution in [2.24, 2.45) is 5.92 Å². The van der Waals surface area contributed by atoms with E-state index >= 15 is 0 Å². The maximum Gasteiger partial charge on any atom is 0.0798 e. The maximum absolute atomic E-state index is 5.47. The summed E-state index contributed by atoms with van der Waals surface area (Å²) in [5.74, 6) is 2.15. The molecule has 5 heteroatoms. The van der Waals surface area contributed by atoms with Crippen molar-refractivity contribution in [1.29, 1.82) is 0 Å². The van der Waals surface area contributed by atoms with Crippen LogP contribution in [-0.4, -0.2) is 22.6 Å². The molecule has 351 valence electrons. The van der Waals surface area contributed by atoms with E-state index < -0.39 is 8.07 Å². The molecule has 0 saturated heterocycles. The zero-order valence-corrected chi connectivity index (χ0v) is 45.3. The average Bonchev–Trinajstić information content (AvgIpc) is 3.76. The molecule has 3 nitrogen and oxygen atoms in total. The molecule has 0 aliphatic carbocycles. The standard InChI is InChI=1S/C47H37N2.C18H24NSi.Ir/c1-29(2)41-27-34(31-14-6-5-7-15-31)28-42(30(3)4)45(41)49-46-35-17-9-8-16-32(35)23-25-44(46)48-47(49)33-22-24-40-38-20-11-10-18-36(38)37-19-12-13-21-39(37)43(40)26-33;1-14(2)11-16-12-17(15-9-7-6-8-10-15)19-13-18(16)20(3,4)5;/h5-21,23-30H,1-4H3;6-9,12-14H,11H2,1-5H3;/q2*-1;. The van der Waals surface area contributed by atoms with Crippen molar-refractivity contribution in [2.75, 3.05) is 0 Å².